The van der Waals surface area contributed by atoms with Crippen molar-refractivity contribution in [3.63, 3.8) is 0 Å². The van der Waals surface area contributed by atoms with Gasteiger partial charge in [-0.25, -0.2) is 0 Å². The molecule has 1 atom stereocenters. The lowest BCUT2D eigenvalue weighted by Gasteiger charge is -2.19. The molecular formula is C30H31F2NO3. The molecule has 1 heterocycles. The maximum absolute atomic E-state index is 12.9. The zero-order valence-corrected chi connectivity index (χ0v) is 20.3. The van der Waals surface area contributed by atoms with Gasteiger partial charge in [-0.15, -0.1) is 0 Å². The molecule has 0 saturated carbocycles. The highest BCUT2D eigenvalue weighted by molar-refractivity contribution is 6.00. The third-order valence-electron chi connectivity index (χ3n) is 7.11. The molecule has 1 aliphatic heterocycles. The maximum atomic E-state index is 12.9. The van der Waals surface area contributed by atoms with Gasteiger partial charge in [-0.1, -0.05) is 30.3 Å². The van der Waals surface area contributed by atoms with E-state index < -0.39 is 0 Å². The van der Waals surface area contributed by atoms with Crippen LogP contribution >= 0.6 is 0 Å². The summed E-state index contributed by atoms with van der Waals surface area (Å²) >= 11 is 0. The van der Waals surface area contributed by atoms with Crippen molar-refractivity contribution in [2.24, 2.45) is 0 Å². The summed E-state index contributed by atoms with van der Waals surface area (Å²) in [5, 5.41) is 9.82. The third-order valence-corrected chi connectivity index (χ3v) is 7.11. The van der Waals surface area contributed by atoms with E-state index in [4.69, 9.17) is 4.74 Å². The molecule has 5 rings (SSSR count). The van der Waals surface area contributed by atoms with Crippen LogP contribution in [0.5, 0.6) is 17.2 Å². The zero-order valence-electron chi connectivity index (χ0n) is 20.3. The molecular weight excluding hydrogens is 460 g/mol. The number of phenols is 1. The molecule has 0 amide bonds. The van der Waals surface area contributed by atoms with E-state index >= 15 is 0 Å². The average Bonchev–Trinajstić information content (AvgIpc) is 3.26. The van der Waals surface area contributed by atoms with Crippen molar-refractivity contribution in [2.75, 3.05) is 26.3 Å². The van der Waals surface area contributed by atoms with E-state index in [1.54, 1.807) is 24.3 Å². The second kappa shape index (κ2) is 11.1. The van der Waals surface area contributed by atoms with Crippen molar-refractivity contribution < 1.29 is 23.7 Å². The first-order valence-electron chi connectivity index (χ1n) is 12.6. The topological polar surface area (TPSA) is 41.9 Å². The number of alkyl halides is 1. The lowest BCUT2D eigenvalue weighted by atomic mass is 9.88. The number of hydrogen-bond donors (Lipinski definition) is 1. The van der Waals surface area contributed by atoms with Crippen LogP contribution in [0.15, 0.2) is 66.7 Å². The Labute approximate surface area is 210 Å². The Bertz CT molecular complexity index is 1210. The molecule has 1 fully saturated rings. The summed E-state index contributed by atoms with van der Waals surface area (Å²) in [5.41, 5.74) is 6.51. The van der Waals surface area contributed by atoms with Gasteiger partial charge >= 0.3 is 0 Å². The molecule has 0 spiro atoms. The van der Waals surface area contributed by atoms with E-state index in [1.165, 1.54) is 5.57 Å². The zero-order chi connectivity index (χ0) is 24.9. The third kappa shape index (κ3) is 5.39. The second-order valence-electron chi connectivity index (χ2n) is 9.55. The Morgan fingerprint density at radius 2 is 1.67 bits per heavy atom. The number of rotatable bonds is 8. The highest BCUT2D eigenvalue weighted by Gasteiger charge is 2.24. The van der Waals surface area contributed by atoms with Crippen molar-refractivity contribution >= 4 is 11.1 Å². The molecule has 188 valence electrons. The number of ether oxygens (including phenoxy) is 1. The summed E-state index contributed by atoms with van der Waals surface area (Å²) in [6.45, 7) is 2.26. The first-order valence-corrected chi connectivity index (χ1v) is 12.6. The quantitative estimate of drug-likeness (QED) is 0.378. The van der Waals surface area contributed by atoms with Crippen LogP contribution in [-0.4, -0.2) is 42.4 Å². The van der Waals surface area contributed by atoms with Crippen LogP contribution in [0, 0.1) is 0 Å². The number of likely N-dealkylation sites (tertiary alicyclic amines) is 1. The van der Waals surface area contributed by atoms with Crippen LogP contribution in [0.1, 0.15) is 47.9 Å². The number of aryl methyl sites for hydroxylation is 1. The molecule has 0 radical (unpaired) electrons. The van der Waals surface area contributed by atoms with E-state index in [9.17, 15) is 14.0 Å². The fourth-order valence-electron chi connectivity index (χ4n) is 5.37. The minimum Gasteiger partial charge on any atom is -0.508 e. The van der Waals surface area contributed by atoms with Gasteiger partial charge in [-0.3, -0.25) is 14.2 Å². The standard InChI is InChI=1S/C30H31F2NO3/c31-16-2-17-33-18-15-27(20-33)35-25-11-7-22(8-12-25)30-28(21-5-9-24(34)10-6-21)4-1-3-23-19-26(36-32)13-14-29(23)30/h5-14,19,27,34H,1-4,15-18,20H2/t27-/m0/s1. The van der Waals surface area contributed by atoms with Crippen LogP contribution in [0.2, 0.25) is 0 Å². The van der Waals surface area contributed by atoms with Gasteiger partial charge in [-0.05, 0) is 102 Å². The van der Waals surface area contributed by atoms with Crippen LogP contribution < -0.4 is 9.68 Å². The minimum atomic E-state index is -0.281. The summed E-state index contributed by atoms with van der Waals surface area (Å²) < 4.78 is 31.7. The van der Waals surface area contributed by atoms with E-state index in [0.717, 1.165) is 78.9 Å². The van der Waals surface area contributed by atoms with Gasteiger partial charge in [0.15, 0.2) is 5.75 Å². The number of halogens is 2. The summed E-state index contributed by atoms with van der Waals surface area (Å²) in [6, 6.07) is 20.8. The van der Waals surface area contributed by atoms with Gasteiger partial charge < -0.3 is 9.84 Å². The van der Waals surface area contributed by atoms with Crippen molar-refractivity contribution in [1.82, 2.24) is 4.90 Å². The van der Waals surface area contributed by atoms with E-state index in [1.807, 2.05) is 30.3 Å². The van der Waals surface area contributed by atoms with Crippen molar-refractivity contribution in [3.8, 4) is 17.2 Å². The van der Waals surface area contributed by atoms with Gasteiger partial charge in [0.1, 0.15) is 17.6 Å². The molecule has 2 aliphatic rings. The number of allylic oxidation sites excluding steroid dienone is 1. The predicted molar refractivity (Wildman–Crippen MR) is 138 cm³/mol. The van der Waals surface area contributed by atoms with Gasteiger partial charge in [0.25, 0.3) is 0 Å². The minimum absolute atomic E-state index is 0.111. The molecule has 1 N–H and O–H groups in total. The molecule has 4 nitrogen and oxygen atoms in total. The maximum Gasteiger partial charge on any atom is 0.172 e. The summed E-state index contributed by atoms with van der Waals surface area (Å²) in [6.07, 6.45) is 4.22. The highest BCUT2D eigenvalue weighted by atomic mass is 19.3. The fraction of sp³-hybridized carbons (Fsp3) is 0.333. The molecule has 36 heavy (non-hydrogen) atoms. The number of aromatic hydroxyl groups is 1. The molecule has 1 aliphatic carbocycles. The Morgan fingerprint density at radius 3 is 2.42 bits per heavy atom. The van der Waals surface area contributed by atoms with Crippen LogP contribution in [0.25, 0.3) is 11.1 Å². The Balaban J connectivity index is 1.47. The second-order valence-corrected chi connectivity index (χ2v) is 9.55. The molecule has 3 aromatic carbocycles. The summed E-state index contributed by atoms with van der Waals surface area (Å²) in [7, 11) is 0. The normalized spacial score (nSPS) is 18.1. The lowest BCUT2D eigenvalue weighted by Crippen LogP contribution is -2.26. The first kappa shape index (κ1) is 24.3. The molecule has 0 unspecified atom stereocenters. The monoisotopic (exact) mass is 491 g/mol. The number of benzene rings is 3. The molecule has 0 aromatic heterocycles. The van der Waals surface area contributed by atoms with Crippen molar-refractivity contribution in [1.29, 1.82) is 0 Å². The lowest BCUT2D eigenvalue weighted by molar-refractivity contribution is -0.00629. The van der Waals surface area contributed by atoms with Gasteiger partial charge in [0.2, 0.25) is 0 Å². The van der Waals surface area contributed by atoms with E-state index in [0.29, 0.717) is 6.42 Å². The van der Waals surface area contributed by atoms with Gasteiger partial charge in [-0.2, -0.15) is 0 Å². The average molecular weight is 492 g/mol. The predicted octanol–water partition coefficient (Wildman–Crippen LogP) is 6.76. The number of phenolic OH excluding ortho intramolecular Hbond substituents is 1. The fourth-order valence-corrected chi connectivity index (χ4v) is 5.37. The SMILES string of the molecule is Oc1ccc(C2=C(c3ccc(O[C@H]4CCN(CCCF)C4)cc3)c3ccc(OF)cc3CCC2)cc1. The van der Waals surface area contributed by atoms with Gasteiger partial charge in [0.05, 0.1) is 6.67 Å². The van der Waals surface area contributed by atoms with Gasteiger partial charge in [0, 0.05) is 24.2 Å². The molecule has 1 saturated heterocycles. The summed E-state index contributed by atoms with van der Waals surface area (Å²) in [4.78, 5) is 6.27. The van der Waals surface area contributed by atoms with E-state index in [-0.39, 0.29) is 24.3 Å². The van der Waals surface area contributed by atoms with Crippen LogP contribution in [0.4, 0.5) is 8.92 Å². The summed E-state index contributed by atoms with van der Waals surface area (Å²) in [5.74, 6) is 1.26. The molecule has 0 bridgehead atoms. The Morgan fingerprint density at radius 1 is 0.917 bits per heavy atom. The number of hydrogen-bond acceptors (Lipinski definition) is 4. The van der Waals surface area contributed by atoms with Crippen LogP contribution in [-0.2, 0) is 6.42 Å². The Kier molecular flexibility index (Phi) is 7.52. The number of fused-ring (bicyclic) bond motifs is 1. The smallest absolute Gasteiger partial charge is 0.172 e. The van der Waals surface area contributed by atoms with Crippen molar-refractivity contribution in [3.05, 3.63) is 89.0 Å². The molecule has 3 aromatic rings. The number of nitrogens with zero attached hydrogens (tertiary/aromatic N) is 1. The van der Waals surface area contributed by atoms with Crippen LogP contribution in [0.3, 0.4) is 0 Å². The largest absolute Gasteiger partial charge is 0.508 e. The van der Waals surface area contributed by atoms with E-state index in [2.05, 4.69) is 22.0 Å². The van der Waals surface area contributed by atoms with Crippen molar-refractivity contribution in [2.45, 2.75) is 38.2 Å². The molecule has 6 heteroatoms. The Hall–Kier alpha value is -3.38. The highest BCUT2D eigenvalue weighted by Crippen LogP contribution is 2.41. The first-order chi connectivity index (χ1) is 17.6.